The van der Waals surface area contributed by atoms with E-state index in [1.54, 1.807) is 20.8 Å². The summed E-state index contributed by atoms with van der Waals surface area (Å²) >= 11 is 0. The highest BCUT2D eigenvalue weighted by Gasteiger charge is 2.52. The lowest BCUT2D eigenvalue weighted by molar-refractivity contribution is 0.00578. The fraction of sp³-hybridized carbons (Fsp3) is 0.600. The van der Waals surface area contributed by atoms with Crippen molar-refractivity contribution >= 4 is 30.3 Å². The molecule has 9 heteroatoms. The van der Waals surface area contributed by atoms with Crippen LogP contribution in [0.3, 0.4) is 0 Å². The van der Waals surface area contributed by atoms with E-state index in [0.717, 1.165) is 0 Å². The summed E-state index contributed by atoms with van der Waals surface area (Å²) in [6.07, 6.45) is -0.784. The zero-order valence-electron chi connectivity index (χ0n) is 18.6. The van der Waals surface area contributed by atoms with Gasteiger partial charge >= 0.3 is 13.2 Å². The Morgan fingerprint density at radius 3 is 2.07 bits per heavy atom. The van der Waals surface area contributed by atoms with Crippen LogP contribution >= 0.6 is 0 Å². The summed E-state index contributed by atoms with van der Waals surface area (Å²) in [6.45, 7) is 12.6. The van der Waals surface area contributed by atoms with Crippen molar-refractivity contribution < 1.29 is 28.0 Å². The molecule has 2 amide bonds. The minimum Gasteiger partial charge on any atom is -0.444 e. The van der Waals surface area contributed by atoms with Crippen LogP contribution in [0.5, 0.6) is 0 Å². The van der Waals surface area contributed by atoms with Crippen molar-refractivity contribution in [1.82, 2.24) is 4.90 Å². The highest BCUT2D eigenvalue weighted by atomic mass is 19.1. The Kier molecular flexibility index (Phi) is 6.07. The van der Waals surface area contributed by atoms with Crippen LogP contribution in [-0.2, 0) is 14.0 Å². The number of anilines is 1. The number of carbonyl (C=O) groups excluding carboxylic acids is 2. The summed E-state index contributed by atoms with van der Waals surface area (Å²) in [5.74, 6) is -1.41. The first-order chi connectivity index (χ1) is 13.1. The van der Waals surface area contributed by atoms with Gasteiger partial charge in [-0.1, -0.05) is 6.07 Å². The largest absolute Gasteiger partial charge is 0.497 e. The molecule has 1 saturated heterocycles. The molecular weight excluding hydrogens is 378 g/mol. The van der Waals surface area contributed by atoms with Crippen LogP contribution in [-0.4, -0.2) is 54.9 Å². The number of nitrogens with one attached hydrogen (secondary N) is 1. The van der Waals surface area contributed by atoms with Gasteiger partial charge < -0.3 is 18.9 Å². The molecule has 0 bridgehead atoms. The van der Waals surface area contributed by atoms with Gasteiger partial charge in [0.05, 0.1) is 22.5 Å². The summed E-state index contributed by atoms with van der Waals surface area (Å²) in [7, 11) is 2.02. The van der Waals surface area contributed by atoms with Gasteiger partial charge in [-0.25, -0.2) is 9.18 Å². The summed E-state index contributed by atoms with van der Waals surface area (Å²) in [5, 5.41) is 2.46. The van der Waals surface area contributed by atoms with Crippen molar-refractivity contribution in [3.8, 4) is 0 Å². The van der Waals surface area contributed by atoms with Gasteiger partial charge in [0.2, 0.25) is 0 Å². The van der Waals surface area contributed by atoms with Gasteiger partial charge in [-0.3, -0.25) is 10.1 Å². The number of hydrogen-bond donors (Lipinski definition) is 1. The van der Waals surface area contributed by atoms with Crippen LogP contribution in [0.2, 0.25) is 0 Å². The zero-order valence-corrected chi connectivity index (χ0v) is 18.6. The van der Waals surface area contributed by atoms with Crippen molar-refractivity contribution in [2.24, 2.45) is 0 Å². The molecule has 1 fully saturated rings. The van der Waals surface area contributed by atoms with E-state index in [2.05, 4.69) is 5.32 Å². The lowest BCUT2D eigenvalue weighted by Crippen LogP contribution is -2.41. The van der Waals surface area contributed by atoms with Crippen LogP contribution in [0.15, 0.2) is 12.1 Å². The maximum absolute atomic E-state index is 15.5. The Morgan fingerprint density at radius 2 is 1.62 bits per heavy atom. The Hall–Kier alpha value is -2.13. The first kappa shape index (κ1) is 23.2. The molecule has 1 N–H and O–H groups in total. The zero-order chi connectivity index (χ0) is 22.4. The Balaban J connectivity index is 2.47. The number of hydrogen-bond acceptors (Lipinski definition) is 5. The SMILES string of the molecule is CN(C)C(=O)c1c(NC(=O)OC(C)(C)C)ccc(B2OC(C)(C)C(C)(C)O2)c1F. The van der Waals surface area contributed by atoms with Crippen molar-refractivity contribution in [2.75, 3.05) is 19.4 Å². The van der Waals surface area contributed by atoms with E-state index in [4.69, 9.17) is 14.0 Å². The van der Waals surface area contributed by atoms with E-state index < -0.39 is 41.7 Å². The molecule has 1 aliphatic heterocycles. The highest BCUT2D eigenvalue weighted by Crippen LogP contribution is 2.37. The molecule has 0 saturated carbocycles. The molecule has 0 aromatic heterocycles. The summed E-state index contributed by atoms with van der Waals surface area (Å²) < 4.78 is 32.5. The predicted octanol–water partition coefficient (Wildman–Crippen LogP) is 3.17. The Bertz CT molecular complexity index is 802. The maximum Gasteiger partial charge on any atom is 0.497 e. The van der Waals surface area contributed by atoms with E-state index in [1.807, 2.05) is 27.7 Å². The normalized spacial score (nSPS) is 17.8. The number of rotatable bonds is 3. The van der Waals surface area contributed by atoms with Crippen LogP contribution in [0.25, 0.3) is 0 Å². The molecule has 1 aromatic carbocycles. The average molecular weight is 408 g/mol. The Labute approximate surface area is 172 Å². The van der Waals surface area contributed by atoms with Crippen LogP contribution in [0.4, 0.5) is 14.9 Å². The Morgan fingerprint density at radius 1 is 1.10 bits per heavy atom. The average Bonchev–Trinajstić information content (AvgIpc) is 2.72. The number of ether oxygens (including phenoxy) is 1. The number of carbonyl (C=O) groups is 2. The van der Waals surface area contributed by atoms with Crippen LogP contribution < -0.4 is 10.8 Å². The maximum atomic E-state index is 15.5. The molecule has 1 heterocycles. The number of nitrogens with zero attached hydrogens (tertiary/aromatic N) is 1. The monoisotopic (exact) mass is 408 g/mol. The molecule has 29 heavy (non-hydrogen) atoms. The molecule has 0 spiro atoms. The molecule has 0 atom stereocenters. The number of halogens is 1. The molecular formula is C20H30BFN2O5. The quantitative estimate of drug-likeness (QED) is 0.778. The van der Waals surface area contributed by atoms with E-state index in [-0.39, 0.29) is 16.7 Å². The second-order valence-corrected chi connectivity index (χ2v) is 9.31. The van der Waals surface area contributed by atoms with Crippen molar-refractivity contribution in [1.29, 1.82) is 0 Å². The molecule has 7 nitrogen and oxygen atoms in total. The topological polar surface area (TPSA) is 77.1 Å². The van der Waals surface area contributed by atoms with Gasteiger partial charge in [0.1, 0.15) is 11.4 Å². The summed E-state index contributed by atoms with van der Waals surface area (Å²) in [6, 6.07) is 2.89. The van der Waals surface area contributed by atoms with Crippen molar-refractivity contribution in [2.45, 2.75) is 65.3 Å². The van der Waals surface area contributed by atoms with Gasteiger partial charge in [-0.15, -0.1) is 0 Å². The van der Waals surface area contributed by atoms with Crippen LogP contribution in [0.1, 0.15) is 58.8 Å². The molecule has 0 aliphatic carbocycles. The fourth-order valence-corrected chi connectivity index (χ4v) is 2.69. The minimum absolute atomic E-state index is 0.00992. The lowest BCUT2D eigenvalue weighted by atomic mass is 9.77. The molecule has 2 rings (SSSR count). The van der Waals surface area contributed by atoms with E-state index in [1.165, 1.54) is 31.1 Å². The predicted molar refractivity (Wildman–Crippen MR) is 110 cm³/mol. The molecule has 1 aromatic rings. The van der Waals surface area contributed by atoms with Gasteiger partial charge in [-0.05, 0) is 54.5 Å². The van der Waals surface area contributed by atoms with E-state index in [9.17, 15) is 9.59 Å². The second-order valence-electron chi connectivity index (χ2n) is 9.31. The van der Waals surface area contributed by atoms with Gasteiger partial charge in [0, 0.05) is 19.6 Å². The summed E-state index contributed by atoms with van der Waals surface area (Å²) in [4.78, 5) is 26.1. The first-order valence-corrected chi connectivity index (χ1v) is 9.45. The molecule has 0 radical (unpaired) electrons. The van der Waals surface area contributed by atoms with Crippen LogP contribution in [0, 0.1) is 5.82 Å². The van der Waals surface area contributed by atoms with Gasteiger partial charge in [-0.2, -0.15) is 0 Å². The van der Waals surface area contributed by atoms with E-state index >= 15 is 4.39 Å². The second kappa shape index (κ2) is 7.61. The molecule has 0 unspecified atom stereocenters. The number of amides is 2. The summed E-state index contributed by atoms with van der Waals surface area (Å²) in [5.41, 5.74) is -2.25. The standard InChI is InChI=1S/C20H30BFN2O5/c1-18(2,3)27-17(26)23-13-11-10-12(15(22)14(13)16(25)24(8)9)21-28-19(4,5)20(6,7)29-21/h10-11H,1-9H3,(H,23,26). The third kappa shape index (κ3) is 4.90. The third-order valence-corrected chi connectivity index (χ3v) is 4.93. The third-order valence-electron chi connectivity index (χ3n) is 4.93. The number of benzene rings is 1. The van der Waals surface area contributed by atoms with Crippen molar-refractivity contribution in [3.05, 3.63) is 23.5 Å². The highest BCUT2D eigenvalue weighted by molar-refractivity contribution is 6.62. The minimum atomic E-state index is -0.982. The van der Waals surface area contributed by atoms with E-state index in [0.29, 0.717) is 0 Å². The lowest BCUT2D eigenvalue weighted by Gasteiger charge is -2.32. The fourth-order valence-electron chi connectivity index (χ4n) is 2.69. The molecule has 160 valence electrons. The van der Waals surface area contributed by atoms with Gasteiger partial charge in [0.25, 0.3) is 5.91 Å². The first-order valence-electron chi connectivity index (χ1n) is 9.45. The van der Waals surface area contributed by atoms with Crippen molar-refractivity contribution in [3.63, 3.8) is 0 Å². The molecule has 1 aliphatic rings. The smallest absolute Gasteiger partial charge is 0.444 e. The van der Waals surface area contributed by atoms with Gasteiger partial charge in [0.15, 0.2) is 0 Å².